The van der Waals surface area contributed by atoms with Gasteiger partial charge in [-0.1, -0.05) is 17.7 Å². The molecule has 1 aromatic carbocycles. The Balaban J connectivity index is 2.05. The fraction of sp³-hybridized carbons (Fsp3) is 0.389. The molecule has 1 heterocycles. The number of halogens is 1. The van der Waals surface area contributed by atoms with Crippen molar-refractivity contribution in [2.45, 2.75) is 20.3 Å². The second-order valence-corrected chi connectivity index (χ2v) is 6.65. The molecule has 25 heavy (non-hydrogen) atoms. The Morgan fingerprint density at radius 3 is 2.72 bits per heavy atom. The number of nitrogens with zero attached hydrogens (tertiary/aromatic N) is 3. The fourth-order valence-corrected chi connectivity index (χ4v) is 2.79. The largest absolute Gasteiger partial charge is 0.351 e. The van der Waals surface area contributed by atoms with Gasteiger partial charge < -0.3 is 15.5 Å². The SMILES string of the molecule is Cc1cc(C)c(Nc2nccc(C(=O)NCCCN(C)C)n2)c(Cl)c1. The molecule has 0 saturated carbocycles. The maximum absolute atomic E-state index is 12.2. The van der Waals surface area contributed by atoms with Crippen molar-refractivity contribution in [1.29, 1.82) is 0 Å². The van der Waals surface area contributed by atoms with Gasteiger partial charge >= 0.3 is 0 Å². The van der Waals surface area contributed by atoms with E-state index in [0.717, 1.165) is 29.8 Å². The highest BCUT2D eigenvalue weighted by Crippen LogP contribution is 2.29. The molecular weight excluding hydrogens is 338 g/mol. The number of hydrogen-bond acceptors (Lipinski definition) is 5. The molecule has 0 aliphatic carbocycles. The van der Waals surface area contributed by atoms with Crippen molar-refractivity contribution in [3.05, 3.63) is 46.2 Å². The first-order chi connectivity index (χ1) is 11.9. The number of hydrogen-bond donors (Lipinski definition) is 2. The summed E-state index contributed by atoms with van der Waals surface area (Å²) in [7, 11) is 4.00. The molecule has 7 heteroatoms. The fourth-order valence-electron chi connectivity index (χ4n) is 2.42. The van der Waals surface area contributed by atoms with Crippen molar-refractivity contribution < 1.29 is 4.79 Å². The minimum Gasteiger partial charge on any atom is -0.351 e. The molecule has 134 valence electrons. The highest BCUT2D eigenvalue weighted by Gasteiger charge is 2.11. The molecule has 2 rings (SSSR count). The summed E-state index contributed by atoms with van der Waals surface area (Å²) in [6, 6.07) is 5.49. The van der Waals surface area contributed by atoms with Crippen molar-refractivity contribution in [2.75, 3.05) is 32.5 Å². The van der Waals surface area contributed by atoms with Crippen LogP contribution < -0.4 is 10.6 Å². The number of carbonyl (C=O) groups is 1. The molecule has 0 aliphatic heterocycles. The zero-order valence-electron chi connectivity index (χ0n) is 15.1. The van der Waals surface area contributed by atoms with Crippen LogP contribution in [0.1, 0.15) is 28.0 Å². The Kier molecular flexibility index (Phi) is 6.73. The monoisotopic (exact) mass is 361 g/mol. The summed E-state index contributed by atoms with van der Waals surface area (Å²) < 4.78 is 0. The Labute approximate surface area is 153 Å². The van der Waals surface area contributed by atoms with E-state index in [1.165, 1.54) is 0 Å². The van der Waals surface area contributed by atoms with Crippen LogP contribution in [0.25, 0.3) is 0 Å². The van der Waals surface area contributed by atoms with Crippen molar-refractivity contribution >= 4 is 29.1 Å². The summed E-state index contributed by atoms with van der Waals surface area (Å²) in [6.45, 7) is 5.47. The number of carbonyl (C=O) groups excluding carboxylic acids is 1. The zero-order chi connectivity index (χ0) is 18.4. The molecule has 2 aromatic rings. The molecule has 0 spiro atoms. The van der Waals surface area contributed by atoms with Crippen LogP contribution in [0.15, 0.2) is 24.4 Å². The Hall–Kier alpha value is -2.18. The van der Waals surface area contributed by atoms with E-state index >= 15 is 0 Å². The van der Waals surface area contributed by atoms with Crippen LogP contribution in [0.4, 0.5) is 11.6 Å². The minimum absolute atomic E-state index is 0.212. The highest BCUT2D eigenvalue weighted by molar-refractivity contribution is 6.33. The van der Waals surface area contributed by atoms with Crippen molar-refractivity contribution in [2.24, 2.45) is 0 Å². The Bertz CT molecular complexity index is 725. The van der Waals surface area contributed by atoms with Crippen molar-refractivity contribution in [1.82, 2.24) is 20.2 Å². The van der Waals surface area contributed by atoms with E-state index in [4.69, 9.17) is 11.6 Å². The number of amides is 1. The molecular formula is C18H24ClN5O. The lowest BCUT2D eigenvalue weighted by Crippen LogP contribution is -2.28. The molecule has 0 fully saturated rings. The van der Waals surface area contributed by atoms with E-state index in [0.29, 0.717) is 23.2 Å². The van der Waals surface area contributed by atoms with Gasteiger partial charge in [0.25, 0.3) is 5.91 Å². The normalized spacial score (nSPS) is 10.8. The molecule has 1 aromatic heterocycles. The number of anilines is 2. The number of nitrogens with one attached hydrogen (secondary N) is 2. The van der Waals surface area contributed by atoms with E-state index in [1.807, 2.05) is 40.1 Å². The maximum Gasteiger partial charge on any atom is 0.270 e. The smallest absolute Gasteiger partial charge is 0.270 e. The third kappa shape index (κ3) is 5.69. The van der Waals surface area contributed by atoms with Crippen LogP contribution in [0.2, 0.25) is 5.02 Å². The van der Waals surface area contributed by atoms with Crippen LogP contribution in [0.5, 0.6) is 0 Å². The second-order valence-electron chi connectivity index (χ2n) is 6.24. The lowest BCUT2D eigenvalue weighted by Gasteiger charge is -2.12. The first-order valence-corrected chi connectivity index (χ1v) is 8.54. The predicted molar refractivity (Wildman–Crippen MR) is 102 cm³/mol. The molecule has 0 atom stereocenters. The summed E-state index contributed by atoms with van der Waals surface area (Å²) in [6.07, 6.45) is 2.44. The Morgan fingerprint density at radius 2 is 2.04 bits per heavy atom. The lowest BCUT2D eigenvalue weighted by atomic mass is 10.1. The number of rotatable bonds is 7. The molecule has 6 nitrogen and oxygen atoms in total. The first kappa shape index (κ1) is 19.1. The quantitative estimate of drug-likeness (QED) is 0.741. The van der Waals surface area contributed by atoms with E-state index in [-0.39, 0.29) is 5.91 Å². The van der Waals surface area contributed by atoms with Gasteiger partial charge in [0.05, 0.1) is 10.7 Å². The van der Waals surface area contributed by atoms with Gasteiger partial charge in [-0.2, -0.15) is 0 Å². The number of benzene rings is 1. The summed E-state index contributed by atoms with van der Waals surface area (Å²) in [5.41, 5.74) is 3.14. The molecule has 0 unspecified atom stereocenters. The molecule has 1 amide bonds. The molecule has 0 radical (unpaired) electrons. The third-order valence-electron chi connectivity index (χ3n) is 3.62. The van der Waals surface area contributed by atoms with Gasteiger partial charge in [0.15, 0.2) is 0 Å². The van der Waals surface area contributed by atoms with Gasteiger partial charge in [0, 0.05) is 12.7 Å². The summed E-state index contributed by atoms with van der Waals surface area (Å²) in [5, 5.41) is 6.57. The molecule has 0 aliphatic rings. The lowest BCUT2D eigenvalue weighted by molar-refractivity contribution is 0.0947. The van der Waals surface area contributed by atoms with Crippen molar-refractivity contribution in [3.8, 4) is 0 Å². The van der Waals surface area contributed by atoms with Crippen LogP contribution in [0.3, 0.4) is 0 Å². The average molecular weight is 362 g/mol. The van der Waals surface area contributed by atoms with Gasteiger partial charge in [-0.25, -0.2) is 9.97 Å². The van der Waals surface area contributed by atoms with Crippen LogP contribution in [0, 0.1) is 13.8 Å². The van der Waals surface area contributed by atoms with Crippen molar-refractivity contribution in [3.63, 3.8) is 0 Å². The first-order valence-electron chi connectivity index (χ1n) is 8.16. The van der Waals surface area contributed by atoms with Crippen LogP contribution >= 0.6 is 11.6 Å². The van der Waals surface area contributed by atoms with Gasteiger partial charge in [0.1, 0.15) is 5.69 Å². The average Bonchev–Trinajstić information content (AvgIpc) is 2.55. The minimum atomic E-state index is -0.212. The number of aryl methyl sites for hydroxylation is 2. The van der Waals surface area contributed by atoms with E-state index in [9.17, 15) is 4.79 Å². The predicted octanol–water partition coefficient (Wildman–Crippen LogP) is 3.17. The van der Waals surface area contributed by atoms with Gasteiger partial charge in [0.2, 0.25) is 5.95 Å². The van der Waals surface area contributed by atoms with E-state index in [2.05, 4.69) is 25.5 Å². The number of aromatic nitrogens is 2. The maximum atomic E-state index is 12.2. The van der Waals surface area contributed by atoms with Gasteiger partial charge in [-0.3, -0.25) is 4.79 Å². The molecule has 0 saturated heterocycles. The summed E-state index contributed by atoms with van der Waals surface area (Å²) in [4.78, 5) is 22.7. The summed E-state index contributed by atoms with van der Waals surface area (Å²) in [5.74, 6) is 0.130. The van der Waals surface area contributed by atoms with E-state index < -0.39 is 0 Å². The molecule has 2 N–H and O–H groups in total. The third-order valence-corrected chi connectivity index (χ3v) is 3.92. The van der Waals surface area contributed by atoms with Crippen LogP contribution in [-0.2, 0) is 0 Å². The van der Waals surface area contributed by atoms with Crippen LogP contribution in [-0.4, -0.2) is 48.0 Å². The molecule has 0 bridgehead atoms. The highest BCUT2D eigenvalue weighted by atomic mass is 35.5. The summed E-state index contributed by atoms with van der Waals surface area (Å²) >= 11 is 6.30. The van der Waals surface area contributed by atoms with E-state index in [1.54, 1.807) is 12.3 Å². The zero-order valence-corrected chi connectivity index (χ0v) is 15.8. The van der Waals surface area contributed by atoms with Gasteiger partial charge in [-0.15, -0.1) is 0 Å². The van der Waals surface area contributed by atoms with Gasteiger partial charge in [-0.05, 0) is 64.2 Å². The second kappa shape index (κ2) is 8.78. The topological polar surface area (TPSA) is 70.2 Å². The Morgan fingerprint density at radius 1 is 1.28 bits per heavy atom. The standard InChI is InChI=1S/C18H24ClN5O/c1-12-10-13(2)16(14(19)11-12)23-18-21-8-6-15(22-18)17(25)20-7-5-9-24(3)4/h6,8,10-11H,5,7,9H2,1-4H3,(H,20,25)(H,21,22,23).